The molecule has 0 heterocycles. The van der Waals surface area contributed by atoms with Crippen molar-refractivity contribution in [1.82, 2.24) is 0 Å². The first-order valence-corrected chi connectivity index (χ1v) is 7.61. The van der Waals surface area contributed by atoms with E-state index in [2.05, 4.69) is 43.2 Å². The minimum atomic E-state index is 0.537. The number of hydrogen-bond acceptors (Lipinski definition) is 1. The molecule has 0 unspecified atom stereocenters. The quantitative estimate of drug-likeness (QED) is 0.600. The van der Waals surface area contributed by atoms with Gasteiger partial charge in [0.1, 0.15) is 12.4 Å². The molecule has 0 saturated carbocycles. The highest BCUT2D eigenvalue weighted by Crippen LogP contribution is 2.32. The van der Waals surface area contributed by atoms with Crippen LogP contribution in [0.1, 0.15) is 16.7 Å². The Kier molecular flexibility index (Phi) is 4.45. The third kappa shape index (κ3) is 3.62. The van der Waals surface area contributed by atoms with Gasteiger partial charge in [0.25, 0.3) is 0 Å². The van der Waals surface area contributed by atoms with Crippen molar-refractivity contribution < 1.29 is 4.74 Å². The van der Waals surface area contributed by atoms with Crippen LogP contribution in [0.25, 0.3) is 11.1 Å². The second-order valence-electron chi connectivity index (χ2n) is 5.50. The fourth-order valence-electron chi connectivity index (χ4n) is 2.52. The molecule has 0 saturated heterocycles. The summed E-state index contributed by atoms with van der Waals surface area (Å²) in [5.74, 6) is 3.54. The van der Waals surface area contributed by atoms with E-state index in [1.165, 1.54) is 5.56 Å². The van der Waals surface area contributed by atoms with E-state index in [0.29, 0.717) is 6.61 Å². The summed E-state index contributed by atoms with van der Waals surface area (Å²) in [4.78, 5) is 0. The van der Waals surface area contributed by atoms with Gasteiger partial charge >= 0.3 is 0 Å². The first kappa shape index (κ1) is 14.9. The van der Waals surface area contributed by atoms with Gasteiger partial charge < -0.3 is 4.74 Å². The Bertz CT molecular complexity index is 841. The molecule has 0 radical (unpaired) electrons. The molecule has 0 N–H and O–H groups in total. The van der Waals surface area contributed by atoms with Gasteiger partial charge in [0.15, 0.2) is 0 Å². The zero-order valence-electron chi connectivity index (χ0n) is 13.1. The van der Waals surface area contributed by atoms with Crippen LogP contribution in [0.15, 0.2) is 72.8 Å². The van der Waals surface area contributed by atoms with Crippen molar-refractivity contribution in [2.45, 2.75) is 13.5 Å². The summed E-state index contributed by atoms with van der Waals surface area (Å²) in [6.07, 6.45) is 5.55. The first-order chi connectivity index (χ1) is 11.3. The topological polar surface area (TPSA) is 9.23 Å². The molecule has 3 aromatic carbocycles. The van der Waals surface area contributed by atoms with Crippen LogP contribution in [-0.2, 0) is 6.61 Å². The molecule has 112 valence electrons. The molecule has 0 aromatic heterocycles. The maximum atomic E-state index is 6.05. The van der Waals surface area contributed by atoms with Crippen molar-refractivity contribution in [3.05, 3.63) is 89.5 Å². The van der Waals surface area contributed by atoms with Crippen LogP contribution in [0, 0.1) is 19.3 Å². The second-order valence-corrected chi connectivity index (χ2v) is 5.50. The maximum absolute atomic E-state index is 6.05. The van der Waals surface area contributed by atoms with Crippen LogP contribution < -0.4 is 4.74 Å². The van der Waals surface area contributed by atoms with Gasteiger partial charge in [0, 0.05) is 11.1 Å². The van der Waals surface area contributed by atoms with Crippen LogP contribution in [-0.4, -0.2) is 0 Å². The summed E-state index contributed by atoms with van der Waals surface area (Å²) < 4.78 is 6.05. The third-order valence-electron chi connectivity index (χ3n) is 3.71. The van der Waals surface area contributed by atoms with Crippen LogP contribution in [0.5, 0.6) is 5.75 Å². The van der Waals surface area contributed by atoms with Gasteiger partial charge in [-0.2, -0.15) is 0 Å². The number of hydrogen-bond donors (Lipinski definition) is 0. The molecule has 0 fully saturated rings. The Balaban J connectivity index is 1.95. The van der Waals surface area contributed by atoms with E-state index >= 15 is 0 Å². The number of terminal acetylenes is 1. The van der Waals surface area contributed by atoms with Crippen molar-refractivity contribution in [2.75, 3.05) is 0 Å². The Morgan fingerprint density at radius 1 is 0.913 bits per heavy atom. The van der Waals surface area contributed by atoms with E-state index in [1.54, 1.807) is 0 Å². The molecular formula is C22H18O. The van der Waals surface area contributed by atoms with E-state index in [1.807, 2.05) is 42.5 Å². The molecule has 0 aliphatic heterocycles. The van der Waals surface area contributed by atoms with Gasteiger partial charge in [0.2, 0.25) is 0 Å². The fourth-order valence-corrected chi connectivity index (χ4v) is 2.52. The van der Waals surface area contributed by atoms with E-state index in [4.69, 9.17) is 11.2 Å². The smallest absolute Gasteiger partial charge is 0.127 e. The molecule has 3 rings (SSSR count). The lowest BCUT2D eigenvalue weighted by molar-refractivity contribution is 0.307. The summed E-state index contributed by atoms with van der Waals surface area (Å²) in [6, 6.07) is 24.4. The van der Waals surface area contributed by atoms with Crippen molar-refractivity contribution in [3.8, 4) is 29.2 Å². The summed E-state index contributed by atoms with van der Waals surface area (Å²) in [5.41, 5.74) is 5.35. The molecule has 0 aliphatic rings. The summed E-state index contributed by atoms with van der Waals surface area (Å²) >= 11 is 0. The monoisotopic (exact) mass is 298 g/mol. The number of ether oxygens (including phenoxy) is 1. The Morgan fingerprint density at radius 2 is 1.74 bits per heavy atom. The fraction of sp³-hybridized carbons (Fsp3) is 0.0909. The summed E-state index contributed by atoms with van der Waals surface area (Å²) in [5, 5.41) is 0. The average molecular weight is 298 g/mol. The van der Waals surface area contributed by atoms with Crippen molar-refractivity contribution in [2.24, 2.45) is 0 Å². The minimum Gasteiger partial charge on any atom is -0.488 e. The lowest BCUT2D eigenvalue weighted by atomic mass is 10.0. The Morgan fingerprint density at radius 3 is 2.48 bits per heavy atom. The average Bonchev–Trinajstić information content (AvgIpc) is 2.61. The van der Waals surface area contributed by atoms with Crippen LogP contribution in [0.2, 0.25) is 0 Å². The van der Waals surface area contributed by atoms with Crippen molar-refractivity contribution >= 4 is 0 Å². The van der Waals surface area contributed by atoms with E-state index in [9.17, 15) is 0 Å². The lowest BCUT2D eigenvalue weighted by Crippen LogP contribution is -1.97. The van der Waals surface area contributed by atoms with Gasteiger partial charge in [-0.3, -0.25) is 0 Å². The van der Waals surface area contributed by atoms with Gasteiger partial charge in [-0.05, 0) is 36.2 Å². The van der Waals surface area contributed by atoms with E-state index in [-0.39, 0.29) is 0 Å². The maximum Gasteiger partial charge on any atom is 0.127 e. The summed E-state index contributed by atoms with van der Waals surface area (Å²) in [6.45, 7) is 2.62. The highest BCUT2D eigenvalue weighted by molar-refractivity contribution is 5.72. The van der Waals surface area contributed by atoms with Crippen LogP contribution in [0.4, 0.5) is 0 Å². The lowest BCUT2D eigenvalue weighted by Gasteiger charge is -2.13. The predicted molar refractivity (Wildman–Crippen MR) is 95.3 cm³/mol. The zero-order valence-corrected chi connectivity index (χ0v) is 13.1. The molecule has 23 heavy (non-hydrogen) atoms. The van der Waals surface area contributed by atoms with Gasteiger partial charge in [-0.25, -0.2) is 0 Å². The van der Waals surface area contributed by atoms with Crippen LogP contribution >= 0.6 is 0 Å². The molecule has 3 aromatic rings. The van der Waals surface area contributed by atoms with Crippen LogP contribution in [0.3, 0.4) is 0 Å². The Hall–Kier alpha value is -2.98. The Labute approximate surface area is 137 Å². The van der Waals surface area contributed by atoms with E-state index < -0.39 is 0 Å². The second kappa shape index (κ2) is 6.85. The van der Waals surface area contributed by atoms with Gasteiger partial charge in [0.05, 0.1) is 0 Å². The number of rotatable bonds is 4. The standard InChI is InChI=1S/C22H18O/c1-3-18-12-13-22(23-16-19-9-5-4-6-10-19)21(15-18)20-11-7-8-17(2)14-20/h1,4-15H,16H2,2H3. The third-order valence-corrected chi connectivity index (χ3v) is 3.71. The number of benzene rings is 3. The molecule has 0 atom stereocenters. The predicted octanol–water partition coefficient (Wildman–Crippen LogP) is 5.22. The van der Waals surface area contributed by atoms with Crippen molar-refractivity contribution in [1.29, 1.82) is 0 Å². The molecule has 0 amide bonds. The van der Waals surface area contributed by atoms with E-state index in [0.717, 1.165) is 28.0 Å². The highest BCUT2D eigenvalue weighted by Gasteiger charge is 2.08. The highest BCUT2D eigenvalue weighted by atomic mass is 16.5. The summed E-state index contributed by atoms with van der Waals surface area (Å²) in [7, 11) is 0. The SMILES string of the molecule is C#Cc1ccc(OCc2ccccc2)c(-c2cccc(C)c2)c1. The molecular weight excluding hydrogens is 280 g/mol. The minimum absolute atomic E-state index is 0.537. The molecule has 1 nitrogen and oxygen atoms in total. The largest absolute Gasteiger partial charge is 0.488 e. The molecule has 1 heteroatoms. The van der Waals surface area contributed by atoms with Gasteiger partial charge in [-0.1, -0.05) is 66.1 Å². The molecule has 0 aliphatic carbocycles. The zero-order chi connectivity index (χ0) is 16.1. The molecule has 0 spiro atoms. The normalized spacial score (nSPS) is 10.1. The van der Waals surface area contributed by atoms with Gasteiger partial charge in [-0.15, -0.1) is 6.42 Å². The molecule has 0 bridgehead atoms. The first-order valence-electron chi connectivity index (χ1n) is 7.61. The number of aryl methyl sites for hydroxylation is 1. The van der Waals surface area contributed by atoms with Crippen molar-refractivity contribution in [3.63, 3.8) is 0 Å².